The molecule has 0 spiro atoms. The predicted molar refractivity (Wildman–Crippen MR) is 133 cm³/mol. The van der Waals surface area contributed by atoms with E-state index in [1.165, 1.54) is 12.1 Å². The Hall–Kier alpha value is -3.13. The van der Waals surface area contributed by atoms with Crippen LogP contribution in [0.2, 0.25) is 0 Å². The molecular weight excluding hydrogens is 449 g/mol. The number of piperazine rings is 1. The van der Waals surface area contributed by atoms with E-state index in [0.717, 1.165) is 60.4 Å². The SMILES string of the molecule is O=C(C1CCN(c2nccnc2Sc2ccccc2)CC1)N1CCN(c2ccc(F)cc2)CC1. The van der Waals surface area contributed by atoms with Crippen molar-refractivity contribution in [2.75, 3.05) is 49.1 Å². The fourth-order valence-corrected chi connectivity index (χ4v) is 5.54. The number of aromatic nitrogens is 2. The maximum absolute atomic E-state index is 13.2. The summed E-state index contributed by atoms with van der Waals surface area (Å²) in [4.78, 5) is 30.0. The zero-order valence-electron chi connectivity index (χ0n) is 19.0. The average Bonchev–Trinajstić information content (AvgIpc) is 2.90. The van der Waals surface area contributed by atoms with Crippen LogP contribution in [0.4, 0.5) is 15.9 Å². The van der Waals surface area contributed by atoms with Crippen molar-refractivity contribution in [3.63, 3.8) is 0 Å². The second-order valence-corrected chi connectivity index (χ2v) is 9.71. The number of hydrogen-bond acceptors (Lipinski definition) is 6. The van der Waals surface area contributed by atoms with Gasteiger partial charge in [-0.1, -0.05) is 30.0 Å². The highest BCUT2D eigenvalue weighted by molar-refractivity contribution is 7.99. The topological polar surface area (TPSA) is 52.6 Å². The minimum absolute atomic E-state index is 0.0514. The molecule has 2 aliphatic rings. The number of amides is 1. The lowest BCUT2D eigenvalue weighted by Crippen LogP contribution is -2.51. The molecule has 3 heterocycles. The van der Waals surface area contributed by atoms with Crippen molar-refractivity contribution >= 4 is 29.2 Å². The molecule has 2 aromatic carbocycles. The van der Waals surface area contributed by atoms with Crippen molar-refractivity contribution < 1.29 is 9.18 Å². The molecule has 0 N–H and O–H groups in total. The van der Waals surface area contributed by atoms with E-state index in [-0.39, 0.29) is 17.6 Å². The zero-order chi connectivity index (χ0) is 23.3. The van der Waals surface area contributed by atoms with Crippen LogP contribution in [0.3, 0.4) is 0 Å². The molecule has 0 atom stereocenters. The van der Waals surface area contributed by atoms with Crippen molar-refractivity contribution in [2.24, 2.45) is 5.92 Å². The minimum atomic E-state index is -0.226. The number of hydrogen-bond donors (Lipinski definition) is 0. The summed E-state index contributed by atoms with van der Waals surface area (Å²) >= 11 is 1.62. The molecule has 3 aromatic rings. The highest BCUT2D eigenvalue weighted by atomic mass is 32.2. The smallest absolute Gasteiger partial charge is 0.225 e. The Bertz CT molecular complexity index is 1100. The van der Waals surface area contributed by atoms with Crippen LogP contribution < -0.4 is 9.80 Å². The summed E-state index contributed by atoms with van der Waals surface area (Å²) in [5.74, 6) is 0.985. The maximum atomic E-state index is 13.2. The first-order valence-corrected chi connectivity index (χ1v) is 12.6. The third kappa shape index (κ3) is 5.17. The molecule has 1 aromatic heterocycles. The van der Waals surface area contributed by atoms with Crippen LogP contribution in [0.15, 0.2) is 76.9 Å². The molecule has 0 bridgehead atoms. The van der Waals surface area contributed by atoms with E-state index in [2.05, 4.69) is 31.9 Å². The van der Waals surface area contributed by atoms with Crippen molar-refractivity contribution in [1.82, 2.24) is 14.9 Å². The molecule has 1 amide bonds. The summed E-state index contributed by atoms with van der Waals surface area (Å²) in [5, 5.41) is 0.899. The Balaban J connectivity index is 1.15. The monoisotopic (exact) mass is 477 g/mol. The number of carbonyl (C=O) groups excluding carboxylic acids is 1. The maximum Gasteiger partial charge on any atom is 0.225 e. The largest absolute Gasteiger partial charge is 0.368 e. The first-order chi connectivity index (χ1) is 16.7. The van der Waals surface area contributed by atoms with Crippen LogP contribution in [0.1, 0.15) is 12.8 Å². The minimum Gasteiger partial charge on any atom is -0.368 e. The molecule has 176 valence electrons. The molecule has 2 saturated heterocycles. The molecule has 2 fully saturated rings. The molecule has 6 nitrogen and oxygen atoms in total. The van der Waals surface area contributed by atoms with E-state index in [4.69, 9.17) is 0 Å². The molecule has 0 unspecified atom stereocenters. The van der Waals surface area contributed by atoms with Gasteiger partial charge in [-0.3, -0.25) is 4.79 Å². The summed E-state index contributed by atoms with van der Waals surface area (Å²) < 4.78 is 13.2. The number of rotatable bonds is 5. The van der Waals surface area contributed by atoms with Gasteiger partial charge in [0.05, 0.1) is 0 Å². The van der Waals surface area contributed by atoms with Crippen LogP contribution in [0.5, 0.6) is 0 Å². The number of nitrogens with zero attached hydrogens (tertiary/aromatic N) is 5. The Labute approximate surface area is 203 Å². The van der Waals surface area contributed by atoms with Crippen molar-refractivity contribution in [3.05, 3.63) is 72.8 Å². The molecule has 8 heteroatoms. The first kappa shape index (κ1) is 22.7. The van der Waals surface area contributed by atoms with Crippen molar-refractivity contribution in [3.8, 4) is 0 Å². The van der Waals surface area contributed by atoms with E-state index >= 15 is 0 Å². The fraction of sp³-hybridized carbons (Fsp3) is 0.346. The van der Waals surface area contributed by atoms with Gasteiger partial charge in [0.2, 0.25) is 5.91 Å². The summed E-state index contributed by atoms with van der Waals surface area (Å²) in [7, 11) is 0. The van der Waals surface area contributed by atoms with Gasteiger partial charge >= 0.3 is 0 Å². The second-order valence-electron chi connectivity index (χ2n) is 8.65. The molecule has 2 aliphatic heterocycles. The number of piperidine rings is 1. The van der Waals surface area contributed by atoms with Gasteiger partial charge in [0, 0.05) is 68.2 Å². The Morgan fingerprint density at radius 1 is 0.824 bits per heavy atom. The standard InChI is InChI=1S/C26H28FN5OS/c27-21-6-8-22(9-7-21)30-16-18-32(19-17-30)26(33)20-10-14-31(15-11-20)24-25(29-13-12-28-24)34-23-4-2-1-3-5-23/h1-9,12-13,20H,10-11,14-19H2. The third-order valence-corrected chi connectivity index (χ3v) is 7.52. The van der Waals surface area contributed by atoms with Crippen LogP contribution in [0, 0.1) is 11.7 Å². The van der Waals surface area contributed by atoms with E-state index in [1.807, 2.05) is 23.1 Å². The first-order valence-electron chi connectivity index (χ1n) is 11.8. The van der Waals surface area contributed by atoms with Gasteiger partial charge in [0.25, 0.3) is 0 Å². The van der Waals surface area contributed by atoms with Gasteiger partial charge in [-0.05, 0) is 49.2 Å². The summed E-state index contributed by atoms with van der Waals surface area (Å²) in [5.41, 5.74) is 1.01. The van der Waals surface area contributed by atoms with Crippen LogP contribution in [-0.2, 0) is 4.79 Å². The molecule has 34 heavy (non-hydrogen) atoms. The average molecular weight is 478 g/mol. The number of halogens is 1. The highest BCUT2D eigenvalue weighted by Gasteiger charge is 2.31. The molecule has 0 radical (unpaired) electrons. The van der Waals surface area contributed by atoms with Gasteiger partial charge < -0.3 is 14.7 Å². The molecule has 5 rings (SSSR count). The quantitative estimate of drug-likeness (QED) is 0.545. The fourth-order valence-electron chi connectivity index (χ4n) is 4.64. The van der Waals surface area contributed by atoms with Crippen LogP contribution in [0.25, 0.3) is 0 Å². The third-order valence-electron chi connectivity index (χ3n) is 6.53. The Morgan fingerprint density at radius 2 is 1.50 bits per heavy atom. The second kappa shape index (κ2) is 10.4. The Kier molecular flexibility index (Phi) is 6.94. The van der Waals surface area contributed by atoms with E-state index < -0.39 is 0 Å². The summed E-state index contributed by atoms with van der Waals surface area (Å²) in [6.45, 7) is 4.56. The van der Waals surface area contributed by atoms with E-state index in [0.29, 0.717) is 13.1 Å². The van der Waals surface area contributed by atoms with Gasteiger partial charge in [0.15, 0.2) is 5.82 Å². The lowest BCUT2D eigenvalue weighted by molar-refractivity contribution is -0.136. The number of anilines is 2. The van der Waals surface area contributed by atoms with Crippen LogP contribution in [-0.4, -0.2) is 60.0 Å². The van der Waals surface area contributed by atoms with E-state index in [1.54, 1.807) is 36.3 Å². The summed E-state index contributed by atoms with van der Waals surface area (Å²) in [6, 6.07) is 16.8. The highest BCUT2D eigenvalue weighted by Crippen LogP contribution is 2.34. The summed E-state index contributed by atoms with van der Waals surface area (Å²) in [6.07, 6.45) is 5.12. The van der Waals surface area contributed by atoms with Crippen LogP contribution >= 0.6 is 11.8 Å². The lowest BCUT2D eigenvalue weighted by Gasteiger charge is -2.39. The van der Waals surface area contributed by atoms with Crippen molar-refractivity contribution in [1.29, 1.82) is 0 Å². The lowest BCUT2D eigenvalue weighted by atomic mass is 9.95. The normalized spacial score (nSPS) is 17.1. The van der Waals surface area contributed by atoms with Gasteiger partial charge in [-0.25, -0.2) is 14.4 Å². The number of carbonyl (C=O) groups is 1. The van der Waals surface area contributed by atoms with Gasteiger partial charge in [-0.15, -0.1) is 0 Å². The zero-order valence-corrected chi connectivity index (χ0v) is 19.8. The Morgan fingerprint density at radius 3 is 2.21 bits per heavy atom. The van der Waals surface area contributed by atoms with Crippen molar-refractivity contribution in [2.45, 2.75) is 22.8 Å². The van der Waals surface area contributed by atoms with Gasteiger partial charge in [0.1, 0.15) is 10.8 Å². The van der Waals surface area contributed by atoms with Gasteiger partial charge in [-0.2, -0.15) is 0 Å². The van der Waals surface area contributed by atoms with E-state index in [9.17, 15) is 9.18 Å². The molecule has 0 aliphatic carbocycles. The molecular formula is C26H28FN5OS. The molecule has 0 saturated carbocycles. The predicted octanol–water partition coefficient (Wildman–Crippen LogP) is 4.33. The number of benzene rings is 2.